The second-order valence-corrected chi connectivity index (χ2v) is 7.09. The van der Waals surface area contributed by atoms with Crippen LogP contribution in [0.4, 0.5) is 5.95 Å². The van der Waals surface area contributed by atoms with Crippen LogP contribution in [0.15, 0.2) is 18.5 Å². The third-order valence-corrected chi connectivity index (χ3v) is 5.45. The predicted molar refractivity (Wildman–Crippen MR) is 86.1 cm³/mol. The van der Waals surface area contributed by atoms with Gasteiger partial charge in [0.15, 0.2) is 0 Å². The monoisotopic (exact) mass is 316 g/mol. The summed E-state index contributed by atoms with van der Waals surface area (Å²) >= 11 is 0. The second kappa shape index (κ2) is 6.07. The Morgan fingerprint density at radius 3 is 2.83 bits per heavy atom. The van der Waals surface area contributed by atoms with Crippen molar-refractivity contribution in [3.8, 4) is 0 Å². The molecule has 3 fully saturated rings. The molecule has 3 saturated heterocycles. The number of likely N-dealkylation sites (tertiary alicyclic amines) is 1. The van der Waals surface area contributed by atoms with Crippen LogP contribution in [0.5, 0.6) is 0 Å². The molecular weight excluding hydrogens is 292 g/mol. The van der Waals surface area contributed by atoms with Gasteiger partial charge in [0, 0.05) is 50.6 Å². The van der Waals surface area contributed by atoms with E-state index < -0.39 is 0 Å². The predicted octanol–water partition coefficient (Wildman–Crippen LogP) is 1.47. The molecule has 0 aromatic carbocycles. The maximum absolute atomic E-state index is 12.6. The fourth-order valence-corrected chi connectivity index (χ4v) is 4.27. The Bertz CT molecular complexity index is 561. The van der Waals surface area contributed by atoms with Crippen molar-refractivity contribution in [2.24, 2.45) is 5.41 Å². The summed E-state index contributed by atoms with van der Waals surface area (Å²) in [6.45, 7) is 4.41. The summed E-state index contributed by atoms with van der Waals surface area (Å²) < 4.78 is 5.57. The van der Waals surface area contributed by atoms with Crippen LogP contribution < -0.4 is 4.90 Å². The number of rotatable bonds is 2. The van der Waals surface area contributed by atoms with Crippen molar-refractivity contribution < 1.29 is 9.53 Å². The van der Waals surface area contributed by atoms with Crippen LogP contribution in [0.2, 0.25) is 0 Å². The van der Waals surface area contributed by atoms with E-state index in [1.165, 1.54) is 6.42 Å². The van der Waals surface area contributed by atoms with Crippen molar-refractivity contribution in [3.05, 3.63) is 18.5 Å². The third kappa shape index (κ3) is 2.92. The first-order valence-electron chi connectivity index (χ1n) is 8.68. The first kappa shape index (κ1) is 14.9. The summed E-state index contributed by atoms with van der Waals surface area (Å²) in [4.78, 5) is 25.7. The van der Waals surface area contributed by atoms with E-state index in [-0.39, 0.29) is 17.4 Å². The molecule has 0 N–H and O–H groups in total. The molecule has 2 atom stereocenters. The molecule has 6 nitrogen and oxygen atoms in total. The number of carbonyl (C=O) groups excluding carboxylic acids is 1. The minimum atomic E-state index is -0.192. The van der Waals surface area contributed by atoms with Gasteiger partial charge in [0.1, 0.15) is 6.10 Å². The van der Waals surface area contributed by atoms with Gasteiger partial charge in [-0.05, 0) is 38.2 Å². The maximum Gasteiger partial charge on any atom is 0.251 e. The number of anilines is 1. The highest BCUT2D eigenvalue weighted by Gasteiger charge is 2.44. The van der Waals surface area contributed by atoms with Gasteiger partial charge < -0.3 is 14.5 Å². The van der Waals surface area contributed by atoms with Crippen LogP contribution in [-0.4, -0.2) is 59.7 Å². The molecule has 4 heterocycles. The summed E-state index contributed by atoms with van der Waals surface area (Å²) in [5, 5.41) is 0. The van der Waals surface area contributed by atoms with Crippen molar-refractivity contribution in [1.29, 1.82) is 0 Å². The van der Waals surface area contributed by atoms with E-state index in [1.54, 1.807) is 12.4 Å². The highest BCUT2D eigenvalue weighted by Crippen LogP contribution is 2.40. The molecule has 0 aliphatic carbocycles. The molecule has 1 spiro atoms. The molecule has 0 saturated carbocycles. The van der Waals surface area contributed by atoms with Gasteiger partial charge in [0.2, 0.25) is 5.95 Å². The molecule has 124 valence electrons. The SMILES string of the molecule is O=C([C@@H]1CCCO1)N1CCC2(CCCN(c3ncccn3)C2)C1. The molecule has 0 radical (unpaired) electrons. The zero-order valence-corrected chi connectivity index (χ0v) is 13.5. The fraction of sp³-hybridized carbons (Fsp3) is 0.706. The van der Waals surface area contributed by atoms with Crippen LogP contribution in [0.25, 0.3) is 0 Å². The Hall–Kier alpha value is -1.69. The Balaban J connectivity index is 1.43. The van der Waals surface area contributed by atoms with E-state index in [2.05, 4.69) is 14.9 Å². The molecule has 3 aliphatic rings. The summed E-state index contributed by atoms with van der Waals surface area (Å²) in [5.41, 5.74) is 0.200. The molecule has 0 bridgehead atoms. The average molecular weight is 316 g/mol. The van der Waals surface area contributed by atoms with Crippen molar-refractivity contribution >= 4 is 11.9 Å². The maximum atomic E-state index is 12.6. The van der Waals surface area contributed by atoms with Gasteiger partial charge in [-0.2, -0.15) is 0 Å². The molecule has 1 amide bonds. The summed E-state index contributed by atoms with van der Waals surface area (Å²) in [7, 11) is 0. The van der Waals surface area contributed by atoms with Crippen molar-refractivity contribution in [2.75, 3.05) is 37.7 Å². The summed E-state index contributed by atoms with van der Waals surface area (Å²) in [6.07, 6.45) is 8.70. The van der Waals surface area contributed by atoms with Crippen LogP contribution in [0, 0.1) is 5.41 Å². The van der Waals surface area contributed by atoms with Gasteiger partial charge in [-0.25, -0.2) is 9.97 Å². The topological polar surface area (TPSA) is 58.6 Å². The van der Waals surface area contributed by atoms with Gasteiger partial charge in [-0.3, -0.25) is 4.79 Å². The normalized spacial score (nSPS) is 31.0. The summed E-state index contributed by atoms with van der Waals surface area (Å²) in [5.74, 6) is 1.02. The van der Waals surface area contributed by atoms with Gasteiger partial charge in [0.25, 0.3) is 5.91 Å². The van der Waals surface area contributed by atoms with Crippen LogP contribution in [-0.2, 0) is 9.53 Å². The Kier molecular flexibility index (Phi) is 3.93. The first-order valence-corrected chi connectivity index (χ1v) is 8.68. The first-order chi connectivity index (χ1) is 11.3. The number of hydrogen-bond acceptors (Lipinski definition) is 5. The smallest absolute Gasteiger partial charge is 0.251 e. The largest absolute Gasteiger partial charge is 0.368 e. The van der Waals surface area contributed by atoms with E-state index in [1.807, 2.05) is 11.0 Å². The van der Waals surface area contributed by atoms with Gasteiger partial charge >= 0.3 is 0 Å². The number of ether oxygens (including phenoxy) is 1. The van der Waals surface area contributed by atoms with Crippen LogP contribution in [0.1, 0.15) is 32.1 Å². The Labute approximate surface area is 136 Å². The molecular formula is C17H24N4O2. The Morgan fingerprint density at radius 2 is 2.04 bits per heavy atom. The lowest BCUT2D eigenvalue weighted by Crippen LogP contribution is -2.47. The molecule has 4 rings (SSSR count). The van der Waals surface area contributed by atoms with E-state index in [9.17, 15) is 4.79 Å². The van der Waals surface area contributed by atoms with E-state index >= 15 is 0 Å². The lowest BCUT2D eigenvalue weighted by atomic mass is 9.79. The quantitative estimate of drug-likeness (QED) is 0.827. The van der Waals surface area contributed by atoms with Crippen LogP contribution >= 0.6 is 0 Å². The number of nitrogens with zero attached hydrogens (tertiary/aromatic N) is 4. The highest BCUT2D eigenvalue weighted by atomic mass is 16.5. The number of amides is 1. The summed E-state index contributed by atoms with van der Waals surface area (Å²) in [6, 6.07) is 1.85. The number of carbonyl (C=O) groups is 1. The third-order valence-electron chi connectivity index (χ3n) is 5.45. The lowest BCUT2D eigenvalue weighted by molar-refractivity contribution is -0.140. The molecule has 1 aromatic heterocycles. The second-order valence-electron chi connectivity index (χ2n) is 7.09. The van der Waals surface area contributed by atoms with Crippen molar-refractivity contribution in [2.45, 2.75) is 38.2 Å². The lowest BCUT2D eigenvalue weighted by Gasteiger charge is -2.40. The Morgan fingerprint density at radius 1 is 1.17 bits per heavy atom. The number of hydrogen-bond donors (Lipinski definition) is 0. The molecule has 1 aromatic rings. The highest BCUT2D eigenvalue weighted by molar-refractivity contribution is 5.81. The molecule has 3 aliphatic heterocycles. The minimum Gasteiger partial charge on any atom is -0.368 e. The van der Waals surface area contributed by atoms with Gasteiger partial charge in [-0.15, -0.1) is 0 Å². The molecule has 23 heavy (non-hydrogen) atoms. The van der Waals surface area contributed by atoms with Crippen LogP contribution in [0.3, 0.4) is 0 Å². The molecule has 1 unspecified atom stereocenters. The fourth-order valence-electron chi connectivity index (χ4n) is 4.27. The average Bonchev–Trinajstić information content (AvgIpc) is 3.26. The minimum absolute atomic E-state index is 0.192. The van der Waals surface area contributed by atoms with E-state index in [0.29, 0.717) is 0 Å². The van der Waals surface area contributed by atoms with Crippen molar-refractivity contribution in [3.63, 3.8) is 0 Å². The van der Waals surface area contributed by atoms with Crippen molar-refractivity contribution in [1.82, 2.24) is 14.9 Å². The zero-order chi connectivity index (χ0) is 15.7. The standard InChI is InChI=1S/C17H24N4O2/c22-15(14-4-1-11-23-14)20-10-6-17(12-20)5-2-9-21(13-17)16-18-7-3-8-19-16/h3,7-8,14H,1-2,4-6,9-13H2/t14-,17?/m0/s1. The van der Waals surface area contributed by atoms with Gasteiger partial charge in [0.05, 0.1) is 0 Å². The number of aromatic nitrogens is 2. The van der Waals surface area contributed by atoms with E-state index in [0.717, 1.165) is 64.4 Å². The number of piperidine rings is 1. The zero-order valence-electron chi connectivity index (χ0n) is 13.5. The van der Waals surface area contributed by atoms with E-state index in [4.69, 9.17) is 4.74 Å². The molecule has 6 heteroatoms. The van der Waals surface area contributed by atoms with Gasteiger partial charge in [-0.1, -0.05) is 0 Å².